The van der Waals surface area contributed by atoms with E-state index in [4.69, 9.17) is 0 Å². The van der Waals surface area contributed by atoms with Crippen molar-refractivity contribution in [1.29, 1.82) is 0 Å². The first-order valence-corrected chi connectivity index (χ1v) is 4.24. The average molecular weight is 200 g/mol. The fourth-order valence-electron chi connectivity index (χ4n) is 1.51. The topological polar surface area (TPSA) is 0 Å². The molecule has 1 fully saturated rings. The van der Waals surface area contributed by atoms with E-state index < -0.39 is 5.92 Å². The second kappa shape index (κ2) is 5.40. The van der Waals surface area contributed by atoms with Crippen molar-refractivity contribution >= 4 is 0 Å². The summed E-state index contributed by atoms with van der Waals surface area (Å²) in [5.74, 6) is -0.569. The minimum atomic E-state index is -2.38. The molecule has 0 unspecified atom stereocenters. The Hall–Kier alpha value is 1.50. The molecule has 0 heterocycles. The van der Waals surface area contributed by atoms with Crippen molar-refractivity contribution < 1.29 is 60.2 Å². The molecule has 1 aliphatic rings. The Balaban J connectivity index is 0.00000121. The van der Waals surface area contributed by atoms with E-state index in [1.807, 2.05) is 0 Å². The molecule has 0 aromatic heterocycles. The molecule has 0 bridgehead atoms. The van der Waals surface area contributed by atoms with Gasteiger partial charge in [-0.1, -0.05) is 13.8 Å². The number of alkyl halides is 2. The van der Waals surface area contributed by atoms with Crippen molar-refractivity contribution in [2.75, 3.05) is 0 Å². The first-order chi connectivity index (χ1) is 5.01. The van der Waals surface area contributed by atoms with Gasteiger partial charge in [-0.05, 0) is 12.8 Å². The predicted molar refractivity (Wildman–Crippen MR) is 41.5 cm³/mol. The van der Waals surface area contributed by atoms with Crippen LogP contribution in [0.3, 0.4) is 0 Å². The third-order valence-corrected chi connectivity index (χ3v) is 2.44. The Labute approximate surface area is 116 Å². The molecular weight excluding hydrogens is 185 g/mol. The van der Waals surface area contributed by atoms with E-state index in [-0.39, 0.29) is 64.2 Å². The third kappa shape index (κ3) is 4.14. The molecule has 0 nitrogen and oxygen atoms in total. The third-order valence-electron chi connectivity index (χ3n) is 2.44. The Morgan fingerprint density at radius 2 is 1.58 bits per heavy atom. The summed E-state index contributed by atoms with van der Waals surface area (Å²) >= 11 is 0. The summed E-state index contributed by atoms with van der Waals surface area (Å²) in [5, 5.41) is 0. The molecule has 0 amide bonds. The monoisotopic (exact) mass is 200 g/mol. The van der Waals surface area contributed by atoms with Crippen LogP contribution in [0, 0.1) is 11.8 Å². The maximum atomic E-state index is 12.6. The maximum Gasteiger partial charge on any atom is 1.00 e. The molecule has 0 aromatic carbocycles. The molecule has 1 saturated carbocycles. The van der Waals surface area contributed by atoms with Crippen molar-refractivity contribution in [3.05, 3.63) is 5.92 Å². The van der Waals surface area contributed by atoms with E-state index in [1.54, 1.807) is 0 Å². The quantitative estimate of drug-likeness (QED) is 0.425. The second-order valence-electron chi connectivity index (χ2n) is 3.67. The van der Waals surface area contributed by atoms with Gasteiger partial charge in [-0.2, -0.15) is 18.8 Å². The number of hydrogen-bond acceptors (Lipinski definition) is 0. The van der Waals surface area contributed by atoms with E-state index in [0.29, 0.717) is 18.8 Å². The fraction of sp³-hybridized carbons (Fsp3) is 0.889. The molecule has 12 heavy (non-hydrogen) atoms. The summed E-state index contributed by atoms with van der Waals surface area (Å²) in [6, 6.07) is 0. The van der Waals surface area contributed by atoms with Crippen molar-refractivity contribution in [1.82, 2.24) is 0 Å². The van der Waals surface area contributed by atoms with Gasteiger partial charge in [0.25, 0.3) is 0 Å². The summed E-state index contributed by atoms with van der Waals surface area (Å²) in [6.45, 7) is 4.16. The molecule has 0 aromatic rings. The molecule has 0 N–H and O–H groups in total. The van der Waals surface area contributed by atoms with E-state index in [9.17, 15) is 8.78 Å². The number of halogens is 2. The van der Waals surface area contributed by atoms with Crippen molar-refractivity contribution in [3.8, 4) is 0 Å². The predicted octanol–water partition coefficient (Wildman–Crippen LogP) is 0.430. The first kappa shape index (κ1) is 13.5. The zero-order chi connectivity index (χ0) is 8.48. The Morgan fingerprint density at radius 1 is 1.17 bits per heavy atom. The molecule has 66 valence electrons. The summed E-state index contributed by atoms with van der Waals surface area (Å²) in [4.78, 5) is 0. The van der Waals surface area contributed by atoms with Crippen molar-refractivity contribution in [3.63, 3.8) is 0 Å². The summed E-state index contributed by atoms with van der Waals surface area (Å²) < 4.78 is 25.3. The van der Waals surface area contributed by atoms with Gasteiger partial charge < -0.3 is 5.92 Å². The van der Waals surface area contributed by atoms with Crippen LogP contribution in [0.15, 0.2) is 0 Å². The second-order valence-corrected chi connectivity index (χ2v) is 3.67. The van der Waals surface area contributed by atoms with Gasteiger partial charge in [0.05, 0.1) is 0 Å². The molecule has 0 radical (unpaired) electrons. The van der Waals surface area contributed by atoms with Gasteiger partial charge in [0.2, 0.25) is 5.92 Å². The average Bonchev–Trinajstić information content (AvgIpc) is 1.86. The smallest absolute Gasteiger partial charge is 0.311 e. The Morgan fingerprint density at radius 3 is 1.92 bits per heavy atom. The van der Waals surface area contributed by atoms with Gasteiger partial charge in [0, 0.05) is 0 Å². The molecule has 1 rings (SSSR count). The molecule has 1 aliphatic carbocycles. The molecule has 3 heteroatoms. The van der Waals surface area contributed by atoms with Gasteiger partial charge in [-0.3, -0.25) is 0 Å². The normalized spacial score (nSPS) is 23.8. The molecular formula is C9H15F2K. The van der Waals surface area contributed by atoms with Crippen LogP contribution in [-0.4, -0.2) is 5.92 Å². The first-order valence-electron chi connectivity index (χ1n) is 4.24. The van der Waals surface area contributed by atoms with Crippen LogP contribution >= 0.6 is 0 Å². The van der Waals surface area contributed by atoms with Gasteiger partial charge in [0.15, 0.2) is 0 Å². The minimum Gasteiger partial charge on any atom is -0.311 e. The minimum absolute atomic E-state index is 0. The van der Waals surface area contributed by atoms with E-state index >= 15 is 0 Å². The molecule has 0 atom stereocenters. The standard InChI is InChI=1S/C9H15F2.K/c1-7(2)8-3-5-9(10,11)6-4-8;/h7H,3-6H2,1-2H3;/q-1;+1. The van der Waals surface area contributed by atoms with Gasteiger partial charge in [-0.25, -0.2) is 8.78 Å². The fourth-order valence-corrected chi connectivity index (χ4v) is 1.51. The van der Waals surface area contributed by atoms with Crippen molar-refractivity contribution in [2.45, 2.75) is 45.5 Å². The molecule has 0 saturated heterocycles. The largest absolute Gasteiger partial charge is 1.00 e. The van der Waals surface area contributed by atoms with Gasteiger partial charge in [0.1, 0.15) is 0 Å². The molecule has 0 aliphatic heterocycles. The van der Waals surface area contributed by atoms with E-state index in [0.717, 1.165) is 0 Å². The van der Waals surface area contributed by atoms with Crippen molar-refractivity contribution in [2.24, 2.45) is 5.92 Å². The maximum absolute atomic E-state index is 12.6. The SMILES string of the molecule is CC(C)[C-]1CCC(F)(F)CC1.[K+]. The van der Waals surface area contributed by atoms with Gasteiger partial charge >= 0.3 is 51.4 Å². The Kier molecular flexibility index (Phi) is 6.07. The Bertz CT molecular complexity index is 124. The van der Waals surface area contributed by atoms with Crippen LogP contribution in [0.25, 0.3) is 0 Å². The summed E-state index contributed by atoms with van der Waals surface area (Å²) in [5.41, 5.74) is 0. The zero-order valence-corrected chi connectivity index (χ0v) is 11.3. The zero-order valence-electron chi connectivity index (χ0n) is 8.16. The van der Waals surface area contributed by atoms with Crippen LogP contribution in [0.4, 0.5) is 8.78 Å². The van der Waals surface area contributed by atoms with E-state index in [1.165, 1.54) is 5.92 Å². The van der Waals surface area contributed by atoms with Crippen LogP contribution in [0.5, 0.6) is 0 Å². The molecule has 0 spiro atoms. The summed E-state index contributed by atoms with van der Waals surface area (Å²) in [6.07, 6.45) is 1.40. The summed E-state index contributed by atoms with van der Waals surface area (Å²) in [7, 11) is 0. The van der Waals surface area contributed by atoms with Crippen LogP contribution in [0.2, 0.25) is 0 Å². The number of hydrogen-bond donors (Lipinski definition) is 0. The van der Waals surface area contributed by atoms with Gasteiger partial charge in [-0.15, -0.1) is 0 Å². The van der Waals surface area contributed by atoms with Crippen LogP contribution in [0.1, 0.15) is 39.5 Å². The van der Waals surface area contributed by atoms with Crippen LogP contribution < -0.4 is 51.4 Å². The van der Waals surface area contributed by atoms with Crippen LogP contribution in [-0.2, 0) is 0 Å². The number of rotatable bonds is 1. The van der Waals surface area contributed by atoms with E-state index in [2.05, 4.69) is 13.8 Å².